The molecule has 0 saturated heterocycles. The summed E-state index contributed by atoms with van der Waals surface area (Å²) in [5.74, 6) is 0. The lowest BCUT2D eigenvalue weighted by molar-refractivity contribution is 0.302. The molecule has 0 fully saturated rings. The molecule has 0 spiro atoms. The first-order chi connectivity index (χ1) is 10.1. The standard InChI is InChI=1S/C20H27N/c1-17(2)21-20(3,16-19-12-8-5-9-13-19)15-14-18-10-6-4-7-11-18/h4-13,17,21H,14-16H2,1-3H3. The summed E-state index contributed by atoms with van der Waals surface area (Å²) in [6.45, 7) is 6.81. The molecule has 0 aliphatic heterocycles. The Bertz CT molecular complexity index is 518. The maximum atomic E-state index is 3.77. The molecule has 2 aromatic rings. The zero-order valence-electron chi connectivity index (χ0n) is 13.5. The molecule has 0 heterocycles. The van der Waals surface area contributed by atoms with Gasteiger partial charge in [-0.1, -0.05) is 74.5 Å². The first-order valence-corrected chi connectivity index (χ1v) is 7.93. The van der Waals surface area contributed by atoms with Crippen LogP contribution >= 0.6 is 0 Å². The Morgan fingerprint density at radius 2 is 1.38 bits per heavy atom. The van der Waals surface area contributed by atoms with Crippen molar-refractivity contribution in [2.45, 2.75) is 51.6 Å². The van der Waals surface area contributed by atoms with Crippen molar-refractivity contribution in [2.75, 3.05) is 0 Å². The van der Waals surface area contributed by atoms with Gasteiger partial charge in [0.25, 0.3) is 0 Å². The largest absolute Gasteiger partial charge is 0.309 e. The van der Waals surface area contributed by atoms with E-state index < -0.39 is 0 Å². The van der Waals surface area contributed by atoms with E-state index in [0.717, 1.165) is 19.3 Å². The van der Waals surface area contributed by atoms with Gasteiger partial charge in [-0.2, -0.15) is 0 Å². The van der Waals surface area contributed by atoms with Crippen molar-refractivity contribution in [3.05, 3.63) is 71.8 Å². The molecule has 0 aliphatic carbocycles. The van der Waals surface area contributed by atoms with Gasteiger partial charge in [-0.15, -0.1) is 0 Å². The lowest BCUT2D eigenvalue weighted by Gasteiger charge is -2.33. The fraction of sp³-hybridized carbons (Fsp3) is 0.400. The predicted molar refractivity (Wildman–Crippen MR) is 91.6 cm³/mol. The van der Waals surface area contributed by atoms with Crippen LogP contribution in [-0.2, 0) is 12.8 Å². The minimum absolute atomic E-state index is 0.130. The normalized spacial score (nSPS) is 14.1. The Balaban J connectivity index is 2.05. The SMILES string of the molecule is CC(C)NC(C)(CCc1ccccc1)Cc1ccccc1. The molecule has 0 bridgehead atoms. The molecule has 1 unspecified atom stereocenters. The average molecular weight is 281 g/mol. The van der Waals surface area contributed by atoms with Gasteiger partial charge in [0.05, 0.1) is 0 Å². The van der Waals surface area contributed by atoms with Gasteiger partial charge in [0.15, 0.2) is 0 Å². The van der Waals surface area contributed by atoms with E-state index in [1.54, 1.807) is 0 Å². The fourth-order valence-corrected chi connectivity index (χ4v) is 3.02. The van der Waals surface area contributed by atoms with Gasteiger partial charge in [-0.25, -0.2) is 0 Å². The summed E-state index contributed by atoms with van der Waals surface area (Å²) in [4.78, 5) is 0. The van der Waals surface area contributed by atoms with Crippen LogP contribution in [0.4, 0.5) is 0 Å². The molecule has 0 aliphatic rings. The zero-order chi connectivity index (χ0) is 15.1. The zero-order valence-corrected chi connectivity index (χ0v) is 13.5. The second-order valence-electron chi connectivity index (χ2n) is 6.51. The second-order valence-corrected chi connectivity index (χ2v) is 6.51. The highest BCUT2D eigenvalue weighted by Crippen LogP contribution is 2.20. The molecule has 0 amide bonds. The van der Waals surface area contributed by atoms with Crippen LogP contribution in [0.15, 0.2) is 60.7 Å². The molecular weight excluding hydrogens is 254 g/mol. The van der Waals surface area contributed by atoms with E-state index in [9.17, 15) is 0 Å². The third-order valence-corrected chi connectivity index (χ3v) is 3.88. The van der Waals surface area contributed by atoms with Crippen molar-refractivity contribution in [2.24, 2.45) is 0 Å². The quantitative estimate of drug-likeness (QED) is 0.781. The lowest BCUT2D eigenvalue weighted by atomic mass is 9.86. The molecule has 112 valence electrons. The summed E-state index contributed by atoms with van der Waals surface area (Å²) in [7, 11) is 0. The van der Waals surface area contributed by atoms with Gasteiger partial charge in [0, 0.05) is 11.6 Å². The minimum Gasteiger partial charge on any atom is -0.309 e. The highest BCUT2D eigenvalue weighted by molar-refractivity contribution is 5.19. The fourth-order valence-electron chi connectivity index (χ4n) is 3.02. The Morgan fingerprint density at radius 3 is 1.90 bits per heavy atom. The highest BCUT2D eigenvalue weighted by Gasteiger charge is 2.24. The third kappa shape index (κ3) is 5.35. The summed E-state index contributed by atoms with van der Waals surface area (Å²) in [6, 6.07) is 22.1. The summed E-state index contributed by atoms with van der Waals surface area (Å²) < 4.78 is 0. The van der Waals surface area contributed by atoms with Gasteiger partial charge in [-0.05, 0) is 37.3 Å². The molecule has 0 aromatic heterocycles. The van der Waals surface area contributed by atoms with E-state index >= 15 is 0 Å². The Kier molecular flexibility index (Phi) is 5.58. The molecule has 21 heavy (non-hydrogen) atoms. The maximum absolute atomic E-state index is 3.77. The summed E-state index contributed by atoms with van der Waals surface area (Å²) in [5.41, 5.74) is 2.95. The maximum Gasteiger partial charge on any atom is 0.0199 e. The van der Waals surface area contributed by atoms with Crippen LogP contribution in [0.1, 0.15) is 38.3 Å². The van der Waals surface area contributed by atoms with Gasteiger partial charge in [0.1, 0.15) is 0 Å². The van der Waals surface area contributed by atoms with E-state index in [1.807, 2.05) is 0 Å². The highest BCUT2D eigenvalue weighted by atomic mass is 15.0. The van der Waals surface area contributed by atoms with Crippen LogP contribution in [0.3, 0.4) is 0 Å². The molecule has 0 saturated carbocycles. The Labute approximate surface area is 129 Å². The smallest absolute Gasteiger partial charge is 0.0199 e. The Morgan fingerprint density at radius 1 is 0.857 bits per heavy atom. The monoisotopic (exact) mass is 281 g/mol. The molecule has 0 radical (unpaired) electrons. The molecule has 1 N–H and O–H groups in total. The average Bonchev–Trinajstić information content (AvgIpc) is 2.46. The molecule has 1 nitrogen and oxygen atoms in total. The number of rotatable bonds is 7. The lowest BCUT2D eigenvalue weighted by Crippen LogP contribution is -2.48. The van der Waals surface area contributed by atoms with Crippen LogP contribution in [0.2, 0.25) is 0 Å². The van der Waals surface area contributed by atoms with Crippen molar-refractivity contribution < 1.29 is 0 Å². The Hall–Kier alpha value is -1.60. The van der Waals surface area contributed by atoms with E-state index in [2.05, 4.69) is 86.8 Å². The van der Waals surface area contributed by atoms with Crippen molar-refractivity contribution in [1.82, 2.24) is 5.32 Å². The number of aryl methyl sites for hydroxylation is 1. The van der Waals surface area contributed by atoms with E-state index in [-0.39, 0.29) is 5.54 Å². The van der Waals surface area contributed by atoms with E-state index in [4.69, 9.17) is 0 Å². The number of hydrogen-bond acceptors (Lipinski definition) is 1. The number of hydrogen-bond donors (Lipinski definition) is 1. The third-order valence-electron chi connectivity index (χ3n) is 3.88. The second kappa shape index (κ2) is 7.42. The molecule has 2 rings (SSSR count). The van der Waals surface area contributed by atoms with Crippen molar-refractivity contribution in [3.8, 4) is 0 Å². The first-order valence-electron chi connectivity index (χ1n) is 7.93. The van der Waals surface area contributed by atoms with Gasteiger partial charge in [-0.3, -0.25) is 0 Å². The van der Waals surface area contributed by atoms with Crippen LogP contribution in [-0.4, -0.2) is 11.6 Å². The minimum atomic E-state index is 0.130. The van der Waals surface area contributed by atoms with Crippen LogP contribution in [0, 0.1) is 0 Å². The van der Waals surface area contributed by atoms with Crippen LogP contribution in [0.25, 0.3) is 0 Å². The first kappa shape index (κ1) is 15.8. The van der Waals surface area contributed by atoms with Crippen molar-refractivity contribution in [3.63, 3.8) is 0 Å². The molecule has 1 atom stereocenters. The van der Waals surface area contributed by atoms with Crippen LogP contribution < -0.4 is 5.32 Å². The summed E-state index contributed by atoms with van der Waals surface area (Å²) in [6.07, 6.45) is 3.33. The topological polar surface area (TPSA) is 12.0 Å². The van der Waals surface area contributed by atoms with Crippen molar-refractivity contribution in [1.29, 1.82) is 0 Å². The predicted octanol–water partition coefficient (Wildman–Crippen LogP) is 4.62. The van der Waals surface area contributed by atoms with Crippen molar-refractivity contribution >= 4 is 0 Å². The van der Waals surface area contributed by atoms with E-state index in [0.29, 0.717) is 6.04 Å². The number of benzene rings is 2. The molecular formula is C20H27N. The summed E-state index contributed by atoms with van der Waals surface area (Å²) in [5, 5.41) is 3.77. The van der Waals surface area contributed by atoms with Gasteiger partial charge < -0.3 is 5.32 Å². The number of nitrogens with one attached hydrogen (secondary N) is 1. The molecule has 1 heteroatoms. The summed E-state index contributed by atoms with van der Waals surface area (Å²) >= 11 is 0. The van der Waals surface area contributed by atoms with Gasteiger partial charge >= 0.3 is 0 Å². The molecule has 2 aromatic carbocycles. The van der Waals surface area contributed by atoms with Crippen LogP contribution in [0.5, 0.6) is 0 Å². The van der Waals surface area contributed by atoms with Gasteiger partial charge in [0.2, 0.25) is 0 Å². The van der Waals surface area contributed by atoms with E-state index in [1.165, 1.54) is 11.1 Å².